The molecule has 24 aromatic rings. The molecule has 118 heavy (non-hydrogen) atoms. The molecule has 0 spiro atoms. The van der Waals surface area contributed by atoms with Gasteiger partial charge in [0.25, 0.3) is 0 Å². The predicted octanol–water partition coefficient (Wildman–Crippen LogP) is 29.7. The first kappa shape index (κ1) is 67.9. The summed E-state index contributed by atoms with van der Waals surface area (Å²) in [5.41, 5.74) is 27.6. The second-order valence-electron chi connectivity index (χ2n) is 30.7. The van der Waals surface area contributed by atoms with E-state index in [0.29, 0.717) is 0 Å². The van der Waals surface area contributed by atoms with Gasteiger partial charge in [-0.15, -0.1) is 0 Å². The van der Waals surface area contributed by atoms with E-state index in [4.69, 9.17) is 19.9 Å². The molecule has 0 amide bonds. The molecule has 0 aliphatic rings. The average Bonchev–Trinajstić information content (AvgIpc) is 1.56. The number of aromatic nitrogens is 6. The SMILES string of the molecule is c1ccc(-c2ccc(-c3ccc(-c4nc5ccccc5nc4-c4cccc5cc(-n6c7ccc8ccccc8c7c7c8ccccc8ccc76)ccc45)cc3)cc2)cc1.c1ccc(-c2ccc(-c3cccc(-c4nc5ccccc5nc4-c4cccc5cc(-n6c7ccc8ccccc8c7c7c8ccccc8ccc76)ccc45)c3)cc2)cc1. The summed E-state index contributed by atoms with van der Waals surface area (Å²) in [6.45, 7) is 0. The number of benzene rings is 20. The van der Waals surface area contributed by atoms with E-state index < -0.39 is 0 Å². The molecule has 0 aliphatic carbocycles. The minimum atomic E-state index is 0.865. The van der Waals surface area contributed by atoms with E-state index in [9.17, 15) is 0 Å². The van der Waals surface area contributed by atoms with Gasteiger partial charge in [-0.05, 0) is 188 Å². The van der Waals surface area contributed by atoms with Gasteiger partial charge in [0.2, 0.25) is 0 Å². The molecule has 0 bridgehead atoms. The third-order valence-electron chi connectivity index (χ3n) is 23.9. The van der Waals surface area contributed by atoms with Gasteiger partial charge in [0.15, 0.2) is 0 Å². The van der Waals surface area contributed by atoms with E-state index in [1.807, 2.05) is 30.3 Å². The van der Waals surface area contributed by atoms with E-state index in [1.165, 1.54) is 115 Å². The van der Waals surface area contributed by atoms with Gasteiger partial charge in [-0.3, -0.25) is 0 Å². The molecule has 0 radical (unpaired) electrons. The van der Waals surface area contributed by atoms with E-state index in [0.717, 1.165) is 117 Å². The Morgan fingerprint density at radius 1 is 0.153 bits per heavy atom. The maximum Gasteiger partial charge on any atom is 0.0979 e. The zero-order valence-electron chi connectivity index (χ0n) is 64.1. The second-order valence-corrected chi connectivity index (χ2v) is 30.7. The molecule has 0 saturated heterocycles. The van der Waals surface area contributed by atoms with Crippen LogP contribution in [0.3, 0.4) is 0 Å². The van der Waals surface area contributed by atoms with Crippen LogP contribution < -0.4 is 0 Å². The van der Waals surface area contributed by atoms with Crippen LogP contribution in [0.4, 0.5) is 0 Å². The molecule has 548 valence electrons. The Balaban J connectivity index is 0.000000138. The lowest BCUT2D eigenvalue weighted by Crippen LogP contribution is -1.97. The van der Waals surface area contributed by atoms with Crippen LogP contribution in [0, 0.1) is 0 Å². The summed E-state index contributed by atoms with van der Waals surface area (Å²) >= 11 is 0. The smallest absolute Gasteiger partial charge is 0.0979 e. The Morgan fingerprint density at radius 3 is 0.797 bits per heavy atom. The van der Waals surface area contributed by atoms with Gasteiger partial charge < -0.3 is 9.13 Å². The fourth-order valence-corrected chi connectivity index (χ4v) is 18.3. The lowest BCUT2D eigenvalue weighted by Gasteiger charge is -2.15. The van der Waals surface area contributed by atoms with Crippen LogP contribution in [0.15, 0.2) is 425 Å². The summed E-state index contributed by atoms with van der Waals surface area (Å²) in [7, 11) is 0. The molecule has 0 N–H and O–H groups in total. The van der Waals surface area contributed by atoms with Gasteiger partial charge in [-0.25, -0.2) is 19.9 Å². The van der Waals surface area contributed by atoms with Crippen molar-refractivity contribution < 1.29 is 0 Å². The zero-order chi connectivity index (χ0) is 77.7. The molecule has 24 rings (SSSR count). The molecular formula is C112H70N6. The van der Waals surface area contributed by atoms with E-state index in [-0.39, 0.29) is 0 Å². The van der Waals surface area contributed by atoms with Gasteiger partial charge in [0.1, 0.15) is 0 Å². The van der Waals surface area contributed by atoms with Gasteiger partial charge in [-0.1, -0.05) is 346 Å². The monoisotopic (exact) mass is 1500 g/mol. The Hall–Kier alpha value is -15.8. The van der Waals surface area contributed by atoms with Crippen molar-refractivity contribution >= 4 is 130 Å². The van der Waals surface area contributed by atoms with E-state index in [2.05, 4.69) is 403 Å². The van der Waals surface area contributed by atoms with Crippen molar-refractivity contribution in [2.75, 3.05) is 0 Å². The van der Waals surface area contributed by atoms with Crippen molar-refractivity contribution in [1.29, 1.82) is 0 Å². The summed E-state index contributed by atoms with van der Waals surface area (Å²) in [6.07, 6.45) is 0. The van der Waals surface area contributed by atoms with Crippen LogP contribution in [-0.2, 0) is 0 Å². The Labute approximate surface area is 680 Å². The van der Waals surface area contributed by atoms with Gasteiger partial charge in [0, 0.05) is 55.2 Å². The van der Waals surface area contributed by atoms with Crippen LogP contribution in [-0.4, -0.2) is 29.1 Å². The fraction of sp³-hybridized carbons (Fsp3) is 0. The van der Waals surface area contributed by atoms with E-state index >= 15 is 0 Å². The predicted molar refractivity (Wildman–Crippen MR) is 496 cm³/mol. The minimum absolute atomic E-state index is 0.865. The normalized spacial score (nSPS) is 11.7. The number of nitrogens with zero attached hydrogens (tertiary/aromatic N) is 6. The zero-order valence-corrected chi connectivity index (χ0v) is 64.1. The van der Waals surface area contributed by atoms with Crippen LogP contribution in [0.1, 0.15) is 0 Å². The topological polar surface area (TPSA) is 61.4 Å². The first-order valence-electron chi connectivity index (χ1n) is 40.3. The van der Waals surface area contributed by atoms with Crippen molar-refractivity contribution in [3.05, 3.63) is 425 Å². The summed E-state index contributed by atoms with van der Waals surface area (Å²) < 4.78 is 4.88. The average molecular weight is 1500 g/mol. The first-order valence-corrected chi connectivity index (χ1v) is 40.3. The van der Waals surface area contributed by atoms with Crippen LogP contribution >= 0.6 is 0 Å². The third-order valence-corrected chi connectivity index (χ3v) is 23.9. The largest absolute Gasteiger partial charge is 0.309 e. The number of rotatable bonds is 10. The molecule has 4 aromatic heterocycles. The highest BCUT2D eigenvalue weighted by atomic mass is 15.0. The highest BCUT2D eigenvalue weighted by Gasteiger charge is 2.24. The molecule has 0 aliphatic heterocycles. The molecule has 20 aromatic carbocycles. The highest BCUT2D eigenvalue weighted by Crippen LogP contribution is 2.46. The lowest BCUT2D eigenvalue weighted by molar-refractivity contribution is 1.19. The first-order chi connectivity index (χ1) is 58.5. The second kappa shape index (κ2) is 28.1. The summed E-state index contributed by atoms with van der Waals surface area (Å²) in [5, 5.41) is 19.7. The van der Waals surface area contributed by atoms with Crippen LogP contribution in [0.25, 0.3) is 231 Å². The molecule has 0 atom stereocenters. The molecule has 6 nitrogen and oxygen atoms in total. The summed E-state index contributed by atoms with van der Waals surface area (Å²) in [5.74, 6) is 0. The van der Waals surface area contributed by atoms with Crippen molar-refractivity contribution in [3.8, 4) is 101 Å². The number of hydrogen-bond acceptors (Lipinski definition) is 4. The molecule has 0 unspecified atom stereocenters. The molecule has 0 fully saturated rings. The molecule has 0 saturated carbocycles. The van der Waals surface area contributed by atoms with Crippen molar-refractivity contribution in [3.63, 3.8) is 0 Å². The van der Waals surface area contributed by atoms with Gasteiger partial charge >= 0.3 is 0 Å². The summed E-state index contributed by atoms with van der Waals surface area (Å²) in [4.78, 5) is 21.3. The van der Waals surface area contributed by atoms with Crippen molar-refractivity contribution in [2.24, 2.45) is 0 Å². The lowest BCUT2D eigenvalue weighted by atomic mass is 9.95. The molecule has 6 heteroatoms. The van der Waals surface area contributed by atoms with Crippen molar-refractivity contribution in [2.45, 2.75) is 0 Å². The highest BCUT2D eigenvalue weighted by molar-refractivity contribution is 6.30. The standard InChI is InChI=1S/2C56H35N3/c1-2-12-36(13-3-1)37-24-26-38(27-25-37)41-16-10-18-43(34-41)55-56(58-50-23-9-8-22-49(50)57-55)48-21-11-17-42-35-44(30-31-45(42)48)59-51-32-28-39-14-4-6-19-46(39)53(51)54-47-20-7-5-15-40(47)29-33-52(54)59;1-2-11-36(12-3-1)37-21-23-38(24-22-37)39-25-27-42(28-26-39)55-56(58-50-20-9-8-19-49(50)57-55)48-18-10-15-43-35-44(31-32-45(43)48)59-51-33-29-40-13-4-6-16-46(40)53(51)54-47-17-7-5-14-41(47)30-34-52(54)59/h2*1-35H. The van der Waals surface area contributed by atoms with Crippen LogP contribution in [0.5, 0.6) is 0 Å². The third kappa shape index (κ3) is 11.6. The van der Waals surface area contributed by atoms with Gasteiger partial charge in [0.05, 0.1) is 66.9 Å². The minimum Gasteiger partial charge on any atom is -0.309 e. The Kier molecular flexibility index (Phi) is 16.2. The number of hydrogen-bond donors (Lipinski definition) is 0. The maximum atomic E-state index is 5.36. The van der Waals surface area contributed by atoms with Crippen molar-refractivity contribution in [1.82, 2.24) is 29.1 Å². The number of fused-ring (bicyclic) bond motifs is 18. The molecule has 4 heterocycles. The van der Waals surface area contributed by atoms with Gasteiger partial charge in [-0.2, -0.15) is 0 Å². The Morgan fingerprint density at radius 2 is 0.424 bits per heavy atom. The number of para-hydroxylation sites is 4. The Bertz CT molecular complexity index is 7960. The fourth-order valence-electron chi connectivity index (χ4n) is 18.3. The molecular weight excluding hydrogens is 1430 g/mol. The van der Waals surface area contributed by atoms with E-state index in [1.54, 1.807) is 0 Å². The summed E-state index contributed by atoms with van der Waals surface area (Å²) in [6, 6.07) is 152. The quantitative estimate of drug-likeness (QED) is 0.137. The maximum absolute atomic E-state index is 5.36. The van der Waals surface area contributed by atoms with Crippen LogP contribution in [0.2, 0.25) is 0 Å².